The third-order valence-corrected chi connectivity index (χ3v) is 4.46. The Hall–Kier alpha value is -2.50. The maximum Gasteiger partial charge on any atom is 0.198 e. The lowest BCUT2D eigenvalue weighted by atomic mass is 10.1. The molecule has 0 amide bonds. The van der Waals surface area contributed by atoms with Gasteiger partial charge in [-0.25, -0.2) is 15.0 Å². The molecule has 5 nitrogen and oxygen atoms in total. The van der Waals surface area contributed by atoms with Crippen LogP contribution in [0.4, 0.5) is 5.82 Å². The van der Waals surface area contributed by atoms with E-state index in [1.165, 1.54) is 6.33 Å². The van der Waals surface area contributed by atoms with Crippen molar-refractivity contribution in [3.05, 3.63) is 58.9 Å². The van der Waals surface area contributed by atoms with Crippen LogP contribution >= 0.6 is 11.6 Å². The summed E-state index contributed by atoms with van der Waals surface area (Å²) in [6.45, 7) is 2.40. The topological polar surface area (TPSA) is 84.4 Å². The summed E-state index contributed by atoms with van der Waals surface area (Å²) < 4.78 is 0. The first-order valence-corrected chi connectivity index (χ1v) is 8.40. The molecule has 0 fully saturated rings. The number of aliphatic imine (C=N–C) groups is 1. The quantitative estimate of drug-likeness (QED) is 0.871. The van der Waals surface area contributed by atoms with Gasteiger partial charge < -0.3 is 10.8 Å². The van der Waals surface area contributed by atoms with Crippen LogP contribution in [0, 0.1) is 6.92 Å². The maximum absolute atomic E-state index is 10.5. The van der Waals surface area contributed by atoms with Crippen LogP contribution in [-0.4, -0.2) is 27.3 Å². The second-order valence-electron chi connectivity index (χ2n) is 5.83. The summed E-state index contributed by atoms with van der Waals surface area (Å²) in [5.41, 5.74) is 9.79. The van der Waals surface area contributed by atoms with Crippen LogP contribution in [0.2, 0.25) is 0 Å². The normalized spacial score (nSPS) is 16.4. The number of rotatable bonds is 3. The molecular formula is C19H19ClN4O. The van der Waals surface area contributed by atoms with Crippen LogP contribution in [0.3, 0.4) is 0 Å². The highest BCUT2D eigenvalue weighted by Crippen LogP contribution is 2.34. The van der Waals surface area contributed by atoms with Gasteiger partial charge in [0.1, 0.15) is 12.0 Å². The molecule has 1 aliphatic carbocycles. The highest BCUT2D eigenvalue weighted by molar-refractivity contribution is 6.30. The Morgan fingerprint density at radius 1 is 1.16 bits per heavy atom. The molecule has 0 radical (unpaired) electrons. The maximum atomic E-state index is 10.5. The predicted molar refractivity (Wildman–Crippen MR) is 101 cm³/mol. The lowest BCUT2D eigenvalue weighted by Crippen LogP contribution is -2.01. The summed E-state index contributed by atoms with van der Waals surface area (Å²) in [5.74, 6) is 0.215. The zero-order chi connectivity index (χ0) is 17.8. The van der Waals surface area contributed by atoms with Crippen molar-refractivity contribution in [1.82, 2.24) is 9.97 Å². The van der Waals surface area contributed by atoms with Gasteiger partial charge in [-0.1, -0.05) is 47.5 Å². The van der Waals surface area contributed by atoms with Crippen molar-refractivity contribution in [2.45, 2.75) is 19.8 Å². The minimum absolute atomic E-state index is 0.0328. The molecule has 25 heavy (non-hydrogen) atoms. The van der Waals surface area contributed by atoms with Gasteiger partial charge in [-0.3, -0.25) is 0 Å². The molecular weight excluding hydrogens is 336 g/mol. The van der Waals surface area contributed by atoms with E-state index in [1.807, 2.05) is 43.3 Å². The Bertz CT molecular complexity index is 869. The van der Waals surface area contributed by atoms with Crippen molar-refractivity contribution in [2.24, 2.45) is 10.7 Å². The number of halogens is 1. The predicted octanol–water partition coefficient (Wildman–Crippen LogP) is 4.03. The number of aryl methyl sites for hydroxylation is 1. The molecule has 1 heterocycles. The molecule has 128 valence electrons. The molecule has 0 spiro atoms. The van der Waals surface area contributed by atoms with Crippen LogP contribution in [0.1, 0.15) is 18.4 Å². The van der Waals surface area contributed by atoms with E-state index >= 15 is 0 Å². The van der Waals surface area contributed by atoms with Gasteiger partial charge >= 0.3 is 0 Å². The summed E-state index contributed by atoms with van der Waals surface area (Å²) >= 11 is 6.22. The summed E-state index contributed by atoms with van der Waals surface area (Å²) in [6.07, 6.45) is 6.46. The van der Waals surface area contributed by atoms with Crippen molar-refractivity contribution < 1.29 is 5.11 Å². The summed E-state index contributed by atoms with van der Waals surface area (Å²) in [5, 5.41) is 11.3. The molecule has 1 aromatic heterocycles. The number of benzene rings is 1. The molecule has 0 aliphatic heterocycles. The molecule has 0 atom stereocenters. The van der Waals surface area contributed by atoms with Crippen molar-refractivity contribution in [1.29, 1.82) is 0 Å². The molecule has 0 saturated carbocycles. The number of aromatic hydroxyl groups is 1. The number of hydrogen-bond acceptors (Lipinski definition) is 5. The summed E-state index contributed by atoms with van der Waals surface area (Å²) in [6, 6.07) is 7.77. The second kappa shape index (κ2) is 7.59. The van der Waals surface area contributed by atoms with Crippen LogP contribution in [0.25, 0.3) is 11.3 Å². The lowest BCUT2D eigenvalue weighted by Gasteiger charge is -2.06. The molecule has 0 bridgehead atoms. The van der Waals surface area contributed by atoms with Gasteiger partial charge in [0.15, 0.2) is 11.6 Å². The number of allylic oxidation sites excluding steroid dienone is 2. The third kappa shape index (κ3) is 3.95. The van der Waals surface area contributed by atoms with E-state index < -0.39 is 0 Å². The fourth-order valence-corrected chi connectivity index (χ4v) is 2.79. The molecule has 3 N–H and O–H groups in total. The van der Waals surface area contributed by atoms with E-state index in [0.29, 0.717) is 25.1 Å². The fraction of sp³-hybridized carbons (Fsp3) is 0.211. The molecule has 0 unspecified atom stereocenters. The SMILES string of the molecule is Cc1ccc(-c2ncnc(N=C3C=CC(CN)=C(Cl)CC3)c2O)cc1. The highest BCUT2D eigenvalue weighted by Gasteiger charge is 2.13. The van der Waals surface area contributed by atoms with Crippen LogP contribution in [-0.2, 0) is 0 Å². The van der Waals surface area contributed by atoms with Crippen LogP contribution in [0.5, 0.6) is 5.75 Å². The summed E-state index contributed by atoms with van der Waals surface area (Å²) in [7, 11) is 0. The van der Waals surface area contributed by atoms with Gasteiger partial charge in [0.2, 0.25) is 0 Å². The average molecular weight is 355 g/mol. The van der Waals surface area contributed by atoms with Crippen molar-refractivity contribution >= 4 is 23.1 Å². The van der Waals surface area contributed by atoms with Gasteiger partial charge in [-0.2, -0.15) is 0 Å². The Balaban J connectivity index is 1.94. The van der Waals surface area contributed by atoms with E-state index in [2.05, 4.69) is 15.0 Å². The zero-order valence-corrected chi connectivity index (χ0v) is 14.7. The molecule has 1 aliphatic rings. The molecule has 3 rings (SSSR count). The Morgan fingerprint density at radius 2 is 1.92 bits per heavy atom. The van der Waals surface area contributed by atoms with Crippen molar-refractivity contribution in [2.75, 3.05) is 6.54 Å². The minimum Gasteiger partial charge on any atom is -0.503 e. The summed E-state index contributed by atoms with van der Waals surface area (Å²) in [4.78, 5) is 12.8. The first kappa shape index (κ1) is 17.3. The van der Waals surface area contributed by atoms with E-state index in [-0.39, 0.29) is 11.6 Å². The molecule has 6 heteroatoms. The van der Waals surface area contributed by atoms with Crippen molar-refractivity contribution in [3.63, 3.8) is 0 Å². The van der Waals surface area contributed by atoms with Crippen LogP contribution in [0.15, 0.2) is 58.3 Å². The number of nitrogens with two attached hydrogens (primary N) is 1. The number of hydrogen-bond donors (Lipinski definition) is 2. The fourth-order valence-electron chi connectivity index (χ4n) is 2.55. The largest absolute Gasteiger partial charge is 0.503 e. The Labute approximate surface area is 151 Å². The smallest absolute Gasteiger partial charge is 0.198 e. The molecule has 2 aromatic rings. The van der Waals surface area contributed by atoms with Gasteiger partial charge in [-0.05, 0) is 31.4 Å². The van der Waals surface area contributed by atoms with Gasteiger partial charge in [0.25, 0.3) is 0 Å². The van der Waals surface area contributed by atoms with E-state index in [9.17, 15) is 5.11 Å². The standard InChI is InChI=1S/C19H19ClN4O/c1-12-2-4-13(5-3-12)17-18(25)19(23-11-22-17)24-15-7-6-14(10-21)16(20)9-8-15/h2-7,11,25H,8-10,21H2,1H3. The monoisotopic (exact) mass is 354 g/mol. The zero-order valence-electron chi connectivity index (χ0n) is 13.9. The number of nitrogens with zero attached hydrogens (tertiary/aromatic N) is 3. The van der Waals surface area contributed by atoms with Gasteiger partial charge in [0, 0.05) is 22.9 Å². The highest BCUT2D eigenvalue weighted by atomic mass is 35.5. The first-order valence-electron chi connectivity index (χ1n) is 8.02. The minimum atomic E-state index is -0.0328. The van der Waals surface area contributed by atoms with E-state index in [1.54, 1.807) is 0 Å². The first-order chi connectivity index (χ1) is 12.1. The Kier molecular flexibility index (Phi) is 5.26. The Morgan fingerprint density at radius 3 is 2.64 bits per heavy atom. The lowest BCUT2D eigenvalue weighted by molar-refractivity contribution is 0.474. The van der Waals surface area contributed by atoms with Crippen LogP contribution < -0.4 is 5.73 Å². The van der Waals surface area contributed by atoms with E-state index in [4.69, 9.17) is 17.3 Å². The molecule has 0 saturated heterocycles. The number of aromatic nitrogens is 2. The molecule has 1 aromatic carbocycles. The second-order valence-corrected chi connectivity index (χ2v) is 6.29. The van der Waals surface area contributed by atoms with Gasteiger partial charge in [0.05, 0.1) is 0 Å². The van der Waals surface area contributed by atoms with Crippen molar-refractivity contribution in [3.8, 4) is 17.0 Å². The average Bonchev–Trinajstić information content (AvgIpc) is 2.79. The van der Waals surface area contributed by atoms with Gasteiger partial charge in [-0.15, -0.1) is 0 Å². The third-order valence-electron chi connectivity index (χ3n) is 4.02. The van der Waals surface area contributed by atoms with E-state index in [0.717, 1.165) is 27.4 Å².